The highest BCUT2D eigenvalue weighted by molar-refractivity contribution is 6.30. The van der Waals surface area contributed by atoms with E-state index in [1.807, 2.05) is 12.1 Å². The molecule has 0 aromatic heterocycles. The molecule has 0 bridgehead atoms. The first-order chi connectivity index (χ1) is 9.99. The standard InChI is InChI=1S/C18H28ClNO/c1-5-18(4)16(12-17(18)21-6-2)20-13(3)10-14-8-7-9-15(19)11-14/h7-9,11,13,16-17,20H,5-6,10,12H2,1-4H3. The number of nitrogens with one attached hydrogen (secondary N) is 1. The normalized spacial score (nSPS) is 30.0. The molecule has 1 aliphatic rings. The summed E-state index contributed by atoms with van der Waals surface area (Å²) < 4.78 is 5.87. The zero-order valence-corrected chi connectivity index (χ0v) is 14.4. The maximum Gasteiger partial charge on any atom is 0.0658 e. The van der Waals surface area contributed by atoms with Gasteiger partial charge in [-0.25, -0.2) is 0 Å². The van der Waals surface area contributed by atoms with Gasteiger partial charge in [-0.1, -0.05) is 37.6 Å². The van der Waals surface area contributed by atoms with Crippen molar-refractivity contribution in [3.8, 4) is 0 Å². The van der Waals surface area contributed by atoms with Gasteiger partial charge in [-0.05, 0) is 50.8 Å². The van der Waals surface area contributed by atoms with Crippen LogP contribution in [-0.4, -0.2) is 24.8 Å². The molecule has 0 amide bonds. The molecule has 2 nitrogen and oxygen atoms in total. The average Bonchev–Trinajstić information content (AvgIpc) is 2.45. The molecule has 0 spiro atoms. The third-order valence-corrected chi connectivity index (χ3v) is 5.26. The first kappa shape index (κ1) is 16.8. The molecular formula is C18H28ClNO. The average molecular weight is 310 g/mol. The number of hydrogen-bond donors (Lipinski definition) is 1. The van der Waals surface area contributed by atoms with Gasteiger partial charge < -0.3 is 10.1 Å². The number of benzene rings is 1. The molecular weight excluding hydrogens is 282 g/mol. The molecule has 0 saturated heterocycles. The number of halogens is 1. The van der Waals surface area contributed by atoms with Gasteiger partial charge in [0, 0.05) is 29.1 Å². The lowest BCUT2D eigenvalue weighted by Gasteiger charge is -2.54. The van der Waals surface area contributed by atoms with E-state index in [2.05, 4.69) is 45.1 Å². The van der Waals surface area contributed by atoms with Crippen molar-refractivity contribution in [2.24, 2.45) is 5.41 Å². The van der Waals surface area contributed by atoms with Crippen LogP contribution in [0.4, 0.5) is 0 Å². The molecule has 4 unspecified atom stereocenters. The van der Waals surface area contributed by atoms with E-state index >= 15 is 0 Å². The van der Waals surface area contributed by atoms with Crippen LogP contribution in [0.15, 0.2) is 24.3 Å². The van der Waals surface area contributed by atoms with Gasteiger partial charge in [0.05, 0.1) is 6.10 Å². The lowest BCUT2D eigenvalue weighted by atomic mass is 9.61. The molecule has 0 radical (unpaired) electrons. The Bertz CT molecular complexity index is 464. The van der Waals surface area contributed by atoms with Crippen LogP contribution < -0.4 is 5.32 Å². The van der Waals surface area contributed by atoms with Crippen molar-refractivity contribution in [1.29, 1.82) is 0 Å². The summed E-state index contributed by atoms with van der Waals surface area (Å²) in [6.07, 6.45) is 3.69. The van der Waals surface area contributed by atoms with E-state index in [9.17, 15) is 0 Å². The van der Waals surface area contributed by atoms with Crippen molar-refractivity contribution in [1.82, 2.24) is 5.32 Å². The Kier molecular flexibility index (Phi) is 5.70. The van der Waals surface area contributed by atoms with Crippen LogP contribution in [0.1, 0.15) is 46.1 Å². The minimum absolute atomic E-state index is 0.263. The Morgan fingerprint density at radius 2 is 2.19 bits per heavy atom. The summed E-state index contributed by atoms with van der Waals surface area (Å²) in [5.74, 6) is 0. The summed E-state index contributed by atoms with van der Waals surface area (Å²) in [5.41, 5.74) is 1.56. The van der Waals surface area contributed by atoms with Crippen molar-refractivity contribution >= 4 is 11.6 Å². The van der Waals surface area contributed by atoms with Crippen molar-refractivity contribution < 1.29 is 4.74 Å². The highest BCUT2D eigenvalue weighted by Crippen LogP contribution is 2.46. The van der Waals surface area contributed by atoms with E-state index in [1.165, 1.54) is 5.56 Å². The van der Waals surface area contributed by atoms with Gasteiger partial charge in [0.25, 0.3) is 0 Å². The molecule has 1 aliphatic carbocycles. The molecule has 4 atom stereocenters. The summed E-state index contributed by atoms with van der Waals surface area (Å²) in [6.45, 7) is 9.76. The van der Waals surface area contributed by atoms with Gasteiger partial charge in [-0.3, -0.25) is 0 Å². The maximum absolute atomic E-state index is 6.06. The van der Waals surface area contributed by atoms with Crippen molar-refractivity contribution in [3.63, 3.8) is 0 Å². The summed E-state index contributed by atoms with van der Waals surface area (Å²) in [6, 6.07) is 9.15. The molecule has 1 aromatic carbocycles. The minimum atomic E-state index is 0.263. The summed E-state index contributed by atoms with van der Waals surface area (Å²) in [5, 5.41) is 4.61. The lowest BCUT2D eigenvalue weighted by molar-refractivity contribution is -0.127. The van der Waals surface area contributed by atoms with Crippen molar-refractivity contribution in [3.05, 3.63) is 34.9 Å². The molecule has 0 heterocycles. The molecule has 0 aliphatic heterocycles. The highest BCUT2D eigenvalue weighted by Gasteiger charge is 2.51. The van der Waals surface area contributed by atoms with E-state index in [4.69, 9.17) is 16.3 Å². The van der Waals surface area contributed by atoms with E-state index < -0.39 is 0 Å². The topological polar surface area (TPSA) is 21.3 Å². The molecule has 21 heavy (non-hydrogen) atoms. The van der Waals surface area contributed by atoms with E-state index in [0.717, 1.165) is 30.9 Å². The Labute approximate surface area is 134 Å². The van der Waals surface area contributed by atoms with Crippen molar-refractivity contribution in [2.45, 2.75) is 65.1 Å². The third kappa shape index (κ3) is 3.80. The molecule has 1 aromatic rings. The lowest BCUT2D eigenvalue weighted by Crippen LogP contribution is -2.63. The van der Waals surface area contributed by atoms with Crippen LogP contribution in [-0.2, 0) is 11.2 Å². The van der Waals surface area contributed by atoms with Crippen LogP contribution in [0.3, 0.4) is 0 Å². The highest BCUT2D eigenvalue weighted by atomic mass is 35.5. The predicted octanol–water partition coefficient (Wildman–Crippen LogP) is 4.45. The van der Waals surface area contributed by atoms with Crippen LogP contribution in [0.25, 0.3) is 0 Å². The molecule has 1 saturated carbocycles. The summed E-state index contributed by atoms with van der Waals surface area (Å²) in [7, 11) is 0. The quantitative estimate of drug-likeness (QED) is 0.803. The second-order valence-electron chi connectivity index (χ2n) is 6.49. The van der Waals surface area contributed by atoms with Gasteiger partial charge >= 0.3 is 0 Å². The van der Waals surface area contributed by atoms with Crippen LogP contribution in [0.2, 0.25) is 5.02 Å². The molecule has 2 rings (SSSR count). The van der Waals surface area contributed by atoms with E-state index in [1.54, 1.807) is 0 Å². The molecule has 1 fully saturated rings. The zero-order chi connectivity index (χ0) is 15.5. The Hall–Kier alpha value is -0.570. The first-order valence-corrected chi connectivity index (χ1v) is 8.49. The largest absolute Gasteiger partial charge is 0.378 e. The van der Waals surface area contributed by atoms with Crippen LogP contribution in [0.5, 0.6) is 0 Å². The van der Waals surface area contributed by atoms with Gasteiger partial charge in [-0.2, -0.15) is 0 Å². The Balaban J connectivity index is 1.90. The van der Waals surface area contributed by atoms with Crippen molar-refractivity contribution in [2.75, 3.05) is 6.61 Å². The smallest absolute Gasteiger partial charge is 0.0658 e. The molecule has 118 valence electrons. The number of rotatable bonds is 7. The van der Waals surface area contributed by atoms with Gasteiger partial charge in [0.2, 0.25) is 0 Å². The predicted molar refractivity (Wildman–Crippen MR) is 90.0 cm³/mol. The van der Waals surface area contributed by atoms with E-state index in [-0.39, 0.29) is 5.41 Å². The van der Waals surface area contributed by atoms with Crippen LogP contribution in [0, 0.1) is 5.41 Å². The summed E-state index contributed by atoms with van der Waals surface area (Å²) >= 11 is 6.06. The maximum atomic E-state index is 6.06. The van der Waals surface area contributed by atoms with Gasteiger partial charge in [0.15, 0.2) is 0 Å². The second kappa shape index (κ2) is 7.13. The summed E-state index contributed by atoms with van der Waals surface area (Å²) in [4.78, 5) is 0. The fourth-order valence-corrected chi connectivity index (χ4v) is 3.64. The Morgan fingerprint density at radius 1 is 1.43 bits per heavy atom. The number of ether oxygens (including phenoxy) is 1. The first-order valence-electron chi connectivity index (χ1n) is 8.11. The van der Waals surface area contributed by atoms with Crippen LogP contribution >= 0.6 is 11.6 Å². The van der Waals surface area contributed by atoms with Gasteiger partial charge in [-0.15, -0.1) is 0 Å². The minimum Gasteiger partial charge on any atom is -0.378 e. The third-order valence-electron chi connectivity index (χ3n) is 5.03. The molecule has 1 N–H and O–H groups in total. The second-order valence-corrected chi connectivity index (χ2v) is 6.93. The van der Waals surface area contributed by atoms with Gasteiger partial charge in [0.1, 0.15) is 0 Å². The zero-order valence-electron chi connectivity index (χ0n) is 13.7. The monoisotopic (exact) mass is 309 g/mol. The number of hydrogen-bond acceptors (Lipinski definition) is 2. The fourth-order valence-electron chi connectivity index (χ4n) is 3.43. The van der Waals surface area contributed by atoms with E-state index in [0.29, 0.717) is 18.2 Å². The fraction of sp³-hybridized carbons (Fsp3) is 0.667. The Morgan fingerprint density at radius 3 is 2.81 bits per heavy atom. The molecule has 3 heteroatoms. The SMILES string of the molecule is CCOC1CC(NC(C)Cc2cccc(Cl)c2)C1(C)CC.